The molecule has 1 aromatic carbocycles. The monoisotopic (exact) mass is 461 g/mol. The quantitative estimate of drug-likeness (QED) is 0.494. The van der Waals surface area contributed by atoms with E-state index in [4.69, 9.17) is 26.3 Å². The largest absolute Gasteiger partial charge is 0.495 e. The number of halogens is 1. The molecule has 1 aromatic heterocycles. The highest BCUT2D eigenvalue weighted by atomic mass is 35.5. The van der Waals surface area contributed by atoms with E-state index in [0.717, 1.165) is 64.0 Å². The number of methoxy groups -OCH3 is 1. The van der Waals surface area contributed by atoms with Crippen LogP contribution in [0.2, 0.25) is 5.02 Å². The van der Waals surface area contributed by atoms with E-state index in [9.17, 15) is 0 Å². The van der Waals surface area contributed by atoms with E-state index in [-0.39, 0.29) is 0 Å². The van der Waals surface area contributed by atoms with Crippen LogP contribution in [0.1, 0.15) is 46.0 Å². The van der Waals surface area contributed by atoms with Crippen LogP contribution in [0.5, 0.6) is 5.75 Å². The van der Waals surface area contributed by atoms with Crippen molar-refractivity contribution in [2.24, 2.45) is 0 Å². The van der Waals surface area contributed by atoms with Gasteiger partial charge < -0.3 is 25.2 Å². The number of rotatable bonds is 11. The van der Waals surface area contributed by atoms with Crippen LogP contribution < -0.4 is 20.3 Å². The standard InChI is InChI=1S/C23H36ClN7O/c1-5-7-13-31(12-6-2)23-28-21(25-17-10-14-30(3)15-11-17)27-22(29-23)26-18-8-9-20(32-4)19(24)16-18/h8-9,16-17H,5-7,10-15H2,1-4H3,(H2,25,26,27,28,29). The summed E-state index contributed by atoms with van der Waals surface area (Å²) < 4.78 is 5.26. The summed E-state index contributed by atoms with van der Waals surface area (Å²) in [5, 5.41) is 7.38. The lowest BCUT2D eigenvalue weighted by molar-refractivity contribution is 0.263. The first-order valence-electron chi connectivity index (χ1n) is 11.6. The van der Waals surface area contributed by atoms with Crippen molar-refractivity contribution in [1.29, 1.82) is 0 Å². The lowest BCUT2D eigenvalue weighted by atomic mass is 10.1. The van der Waals surface area contributed by atoms with Gasteiger partial charge in [0.15, 0.2) is 0 Å². The summed E-state index contributed by atoms with van der Waals surface area (Å²) >= 11 is 6.31. The van der Waals surface area contributed by atoms with E-state index in [1.165, 1.54) is 0 Å². The van der Waals surface area contributed by atoms with Crippen LogP contribution in [-0.4, -0.2) is 66.2 Å². The van der Waals surface area contributed by atoms with Gasteiger partial charge in [0, 0.05) is 24.8 Å². The van der Waals surface area contributed by atoms with E-state index < -0.39 is 0 Å². The molecule has 0 amide bonds. The maximum atomic E-state index is 6.31. The van der Waals surface area contributed by atoms with Crippen LogP contribution in [0, 0.1) is 0 Å². The molecular formula is C23H36ClN7O. The van der Waals surface area contributed by atoms with Crippen molar-refractivity contribution in [2.45, 2.75) is 52.0 Å². The van der Waals surface area contributed by atoms with Gasteiger partial charge in [0.25, 0.3) is 0 Å². The molecular weight excluding hydrogens is 426 g/mol. The Balaban J connectivity index is 1.87. The van der Waals surface area contributed by atoms with Gasteiger partial charge in [-0.15, -0.1) is 0 Å². The Morgan fingerprint density at radius 3 is 2.50 bits per heavy atom. The number of anilines is 4. The van der Waals surface area contributed by atoms with E-state index >= 15 is 0 Å². The fourth-order valence-corrected chi connectivity index (χ4v) is 4.02. The van der Waals surface area contributed by atoms with Gasteiger partial charge in [-0.1, -0.05) is 31.9 Å². The van der Waals surface area contributed by atoms with Gasteiger partial charge in [-0.05, 0) is 64.0 Å². The van der Waals surface area contributed by atoms with Gasteiger partial charge in [-0.25, -0.2) is 0 Å². The first-order valence-corrected chi connectivity index (χ1v) is 12.0. The van der Waals surface area contributed by atoms with Crippen molar-refractivity contribution in [3.05, 3.63) is 23.2 Å². The molecule has 1 fully saturated rings. The minimum absolute atomic E-state index is 0.361. The SMILES string of the molecule is CCCCN(CCC)c1nc(Nc2ccc(OC)c(Cl)c2)nc(NC2CCN(C)CC2)n1. The molecule has 1 saturated heterocycles. The van der Waals surface area contributed by atoms with Crippen LogP contribution in [-0.2, 0) is 0 Å². The number of ether oxygens (including phenoxy) is 1. The molecule has 2 heterocycles. The maximum Gasteiger partial charge on any atom is 0.233 e. The third kappa shape index (κ3) is 6.84. The van der Waals surface area contributed by atoms with Crippen molar-refractivity contribution >= 4 is 35.1 Å². The van der Waals surface area contributed by atoms with Crippen molar-refractivity contribution < 1.29 is 4.74 Å². The number of unbranched alkanes of at least 4 members (excludes halogenated alkanes) is 1. The van der Waals surface area contributed by atoms with Gasteiger partial charge in [0.2, 0.25) is 17.8 Å². The second kappa shape index (κ2) is 12.1. The Bertz CT molecular complexity index is 858. The Labute approximate surface area is 196 Å². The Kier molecular flexibility index (Phi) is 9.17. The van der Waals surface area contributed by atoms with Gasteiger partial charge >= 0.3 is 0 Å². The number of benzene rings is 1. The fourth-order valence-electron chi connectivity index (χ4n) is 3.77. The second-order valence-electron chi connectivity index (χ2n) is 8.32. The topological polar surface area (TPSA) is 78.4 Å². The second-order valence-corrected chi connectivity index (χ2v) is 8.73. The molecule has 0 aliphatic carbocycles. The average molecular weight is 462 g/mol. The summed E-state index contributed by atoms with van der Waals surface area (Å²) in [5.74, 6) is 2.45. The van der Waals surface area contributed by atoms with Crippen LogP contribution in [0.3, 0.4) is 0 Å². The zero-order chi connectivity index (χ0) is 22.9. The highest BCUT2D eigenvalue weighted by Crippen LogP contribution is 2.29. The number of hydrogen-bond acceptors (Lipinski definition) is 8. The molecule has 8 nitrogen and oxygen atoms in total. The molecule has 32 heavy (non-hydrogen) atoms. The zero-order valence-corrected chi connectivity index (χ0v) is 20.5. The highest BCUT2D eigenvalue weighted by molar-refractivity contribution is 6.32. The van der Waals surface area contributed by atoms with Crippen molar-refractivity contribution in [3.63, 3.8) is 0 Å². The molecule has 9 heteroatoms. The van der Waals surface area contributed by atoms with Crippen molar-refractivity contribution in [1.82, 2.24) is 19.9 Å². The number of piperidine rings is 1. The normalized spacial score (nSPS) is 14.9. The van der Waals surface area contributed by atoms with Crippen LogP contribution in [0.15, 0.2) is 18.2 Å². The molecule has 0 radical (unpaired) electrons. The van der Waals surface area contributed by atoms with Crippen LogP contribution in [0.25, 0.3) is 0 Å². The van der Waals surface area contributed by atoms with Crippen molar-refractivity contribution in [2.75, 3.05) is 55.9 Å². The summed E-state index contributed by atoms with van der Waals surface area (Å²) in [6, 6.07) is 5.91. The Morgan fingerprint density at radius 1 is 1.09 bits per heavy atom. The van der Waals surface area contributed by atoms with E-state index in [2.05, 4.69) is 46.3 Å². The van der Waals surface area contributed by atoms with E-state index in [1.807, 2.05) is 18.2 Å². The molecule has 2 aromatic rings. The molecule has 0 unspecified atom stereocenters. The molecule has 1 aliphatic rings. The zero-order valence-electron chi connectivity index (χ0n) is 19.7. The summed E-state index contributed by atoms with van der Waals surface area (Å²) in [4.78, 5) is 18.8. The minimum Gasteiger partial charge on any atom is -0.495 e. The molecule has 3 rings (SSSR count). The minimum atomic E-state index is 0.361. The Morgan fingerprint density at radius 2 is 1.84 bits per heavy atom. The smallest absolute Gasteiger partial charge is 0.233 e. The number of likely N-dealkylation sites (tertiary alicyclic amines) is 1. The number of nitrogens with one attached hydrogen (secondary N) is 2. The van der Waals surface area contributed by atoms with Crippen molar-refractivity contribution in [3.8, 4) is 5.75 Å². The summed E-state index contributed by atoms with van der Waals surface area (Å²) in [6.45, 7) is 8.36. The number of hydrogen-bond donors (Lipinski definition) is 2. The van der Waals surface area contributed by atoms with Crippen LogP contribution >= 0.6 is 11.6 Å². The highest BCUT2D eigenvalue weighted by Gasteiger charge is 2.19. The Hall–Kier alpha value is -2.32. The summed E-state index contributed by atoms with van der Waals surface area (Å²) in [7, 11) is 3.77. The van der Waals surface area contributed by atoms with Crippen LogP contribution in [0.4, 0.5) is 23.5 Å². The summed E-state index contributed by atoms with van der Waals surface area (Å²) in [5.41, 5.74) is 0.800. The molecule has 0 saturated carbocycles. The molecule has 0 bridgehead atoms. The third-order valence-electron chi connectivity index (χ3n) is 5.64. The van der Waals surface area contributed by atoms with E-state index in [1.54, 1.807) is 7.11 Å². The van der Waals surface area contributed by atoms with E-state index in [0.29, 0.717) is 34.7 Å². The first kappa shape index (κ1) is 24.3. The third-order valence-corrected chi connectivity index (χ3v) is 5.94. The molecule has 2 N–H and O–H groups in total. The lowest BCUT2D eigenvalue weighted by Crippen LogP contribution is -2.37. The van der Waals surface area contributed by atoms with Gasteiger partial charge in [-0.3, -0.25) is 0 Å². The van der Waals surface area contributed by atoms with Gasteiger partial charge in [-0.2, -0.15) is 15.0 Å². The summed E-state index contributed by atoms with van der Waals surface area (Å²) in [6.07, 6.45) is 5.40. The molecule has 176 valence electrons. The van der Waals surface area contributed by atoms with Gasteiger partial charge in [0.05, 0.1) is 12.1 Å². The molecule has 1 aliphatic heterocycles. The van der Waals surface area contributed by atoms with Gasteiger partial charge in [0.1, 0.15) is 5.75 Å². The fraction of sp³-hybridized carbons (Fsp3) is 0.609. The molecule has 0 atom stereocenters. The number of nitrogens with zero attached hydrogens (tertiary/aromatic N) is 5. The lowest BCUT2D eigenvalue weighted by Gasteiger charge is -2.30. The number of aromatic nitrogens is 3. The maximum absolute atomic E-state index is 6.31. The average Bonchev–Trinajstić information content (AvgIpc) is 2.78. The molecule has 0 spiro atoms. The predicted octanol–water partition coefficient (Wildman–Crippen LogP) is 4.80. The first-order chi connectivity index (χ1) is 15.5. The predicted molar refractivity (Wildman–Crippen MR) is 133 cm³/mol.